The number of carbonyl (C=O) groups excluding carboxylic acids is 1. The molecule has 0 aromatic carbocycles. The predicted molar refractivity (Wildman–Crippen MR) is 67.1 cm³/mol. The Morgan fingerprint density at radius 3 is 2.47 bits per heavy atom. The van der Waals surface area contributed by atoms with Gasteiger partial charge in [0.25, 0.3) is 15.0 Å². The number of thiophene rings is 1. The van der Waals surface area contributed by atoms with Crippen molar-refractivity contribution in [3.05, 3.63) is 16.3 Å². The Morgan fingerprint density at radius 1 is 1.29 bits per heavy atom. The van der Waals surface area contributed by atoms with Crippen LogP contribution >= 0.6 is 22.0 Å². The fraction of sp³-hybridized carbons (Fsp3) is 0.500. The van der Waals surface area contributed by atoms with Gasteiger partial charge >= 0.3 is 0 Å². The standard InChI is InChI=1S/C10H12ClNO3S2/c11-17(14,15)8-6-9(16-7-8)10(13)12-4-2-1-3-5-12/h6-7H,1-5H2. The molecule has 7 heteroatoms. The molecule has 0 aliphatic carbocycles. The van der Waals surface area contributed by atoms with Crippen molar-refractivity contribution in [3.8, 4) is 0 Å². The summed E-state index contributed by atoms with van der Waals surface area (Å²) in [5, 5.41) is 1.40. The maximum atomic E-state index is 12.0. The van der Waals surface area contributed by atoms with Crippen LogP contribution in [-0.4, -0.2) is 32.3 Å². The van der Waals surface area contributed by atoms with E-state index < -0.39 is 9.05 Å². The van der Waals surface area contributed by atoms with Crippen molar-refractivity contribution in [2.45, 2.75) is 24.2 Å². The molecule has 1 aliphatic rings. The summed E-state index contributed by atoms with van der Waals surface area (Å²) in [6.45, 7) is 1.50. The predicted octanol–water partition coefficient (Wildman–Crippen LogP) is 2.30. The summed E-state index contributed by atoms with van der Waals surface area (Å²) in [6, 6.07) is 1.35. The summed E-state index contributed by atoms with van der Waals surface area (Å²) < 4.78 is 22.2. The molecule has 0 radical (unpaired) electrons. The third kappa shape index (κ3) is 3.00. The first-order valence-electron chi connectivity index (χ1n) is 5.31. The molecule has 2 rings (SSSR count). The number of nitrogens with zero attached hydrogens (tertiary/aromatic N) is 1. The van der Waals surface area contributed by atoms with Crippen LogP contribution in [0.3, 0.4) is 0 Å². The van der Waals surface area contributed by atoms with Crippen molar-refractivity contribution in [2.24, 2.45) is 0 Å². The molecule has 1 fully saturated rings. The van der Waals surface area contributed by atoms with E-state index in [-0.39, 0.29) is 10.8 Å². The fourth-order valence-electron chi connectivity index (χ4n) is 1.81. The van der Waals surface area contributed by atoms with Crippen molar-refractivity contribution in [1.82, 2.24) is 4.90 Å². The number of rotatable bonds is 2. The third-order valence-electron chi connectivity index (χ3n) is 2.71. The minimum atomic E-state index is -3.73. The molecule has 1 saturated heterocycles. The van der Waals surface area contributed by atoms with Gasteiger partial charge in [-0.25, -0.2) is 8.42 Å². The second kappa shape index (κ2) is 4.96. The SMILES string of the molecule is O=C(c1cc(S(=O)(=O)Cl)cs1)N1CCCCC1. The van der Waals surface area contributed by atoms with Crippen molar-refractivity contribution in [2.75, 3.05) is 13.1 Å². The monoisotopic (exact) mass is 293 g/mol. The van der Waals surface area contributed by atoms with E-state index in [1.165, 1.54) is 11.4 Å². The maximum Gasteiger partial charge on any atom is 0.263 e. The highest BCUT2D eigenvalue weighted by Crippen LogP contribution is 2.24. The largest absolute Gasteiger partial charge is 0.338 e. The van der Waals surface area contributed by atoms with Crippen molar-refractivity contribution >= 4 is 37.0 Å². The molecule has 0 spiro atoms. The molecule has 1 aliphatic heterocycles. The van der Waals surface area contributed by atoms with Gasteiger partial charge in [0.2, 0.25) is 0 Å². The second-order valence-corrected chi connectivity index (χ2v) is 7.41. The average molecular weight is 294 g/mol. The van der Waals surface area contributed by atoms with E-state index in [0.29, 0.717) is 4.88 Å². The topological polar surface area (TPSA) is 54.5 Å². The molecule has 0 saturated carbocycles. The summed E-state index contributed by atoms with van der Waals surface area (Å²) in [4.78, 5) is 14.2. The highest BCUT2D eigenvalue weighted by molar-refractivity contribution is 8.13. The molecule has 94 valence electrons. The van der Waals surface area contributed by atoms with Gasteiger partial charge in [0, 0.05) is 29.2 Å². The van der Waals surface area contributed by atoms with Crippen LogP contribution in [-0.2, 0) is 9.05 Å². The molecule has 4 nitrogen and oxygen atoms in total. The highest BCUT2D eigenvalue weighted by atomic mass is 35.7. The zero-order valence-corrected chi connectivity index (χ0v) is 11.4. The molecule has 0 N–H and O–H groups in total. The highest BCUT2D eigenvalue weighted by Gasteiger charge is 2.22. The number of carbonyl (C=O) groups is 1. The van der Waals surface area contributed by atoms with Crippen LogP contribution in [0.5, 0.6) is 0 Å². The van der Waals surface area contributed by atoms with E-state index in [2.05, 4.69) is 0 Å². The van der Waals surface area contributed by atoms with Gasteiger partial charge in [-0.15, -0.1) is 11.3 Å². The Morgan fingerprint density at radius 2 is 1.94 bits per heavy atom. The molecule has 1 amide bonds. The lowest BCUT2D eigenvalue weighted by Gasteiger charge is -2.26. The lowest BCUT2D eigenvalue weighted by Crippen LogP contribution is -2.35. The third-order valence-corrected chi connectivity index (χ3v) is 5.11. The number of likely N-dealkylation sites (tertiary alicyclic amines) is 1. The quantitative estimate of drug-likeness (QED) is 0.786. The number of halogens is 1. The van der Waals surface area contributed by atoms with Gasteiger partial charge in [-0.05, 0) is 25.3 Å². The van der Waals surface area contributed by atoms with Gasteiger partial charge < -0.3 is 4.90 Å². The van der Waals surface area contributed by atoms with Crippen molar-refractivity contribution in [3.63, 3.8) is 0 Å². The molecule has 0 unspecified atom stereocenters. The summed E-state index contributed by atoms with van der Waals surface area (Å²) in [6.07, 6.45) is 3.17. The molecular formula is C10H12ClNO3S2. The lowest BCUT2D eigenvalue weighted by molar-refractivity contribution is 0.0729. The van der Waals surface area contributed by atoms with Crippen LogP contribution in [0.2, 0.25) is 0 Å². The summed E-state index contributed by atoms with van der Waals surface area (Å²) in [5.41, 5.74) is 0. The molecule has 17 heavy (non-hydrogen) atoms. The number of piperidine rings is 1. The van der Waals surface area contributed by atoms with Crippen LogP contribution in [0.25, 0.3) is 0 Å². The van der Waals surface area contributed by atoms with Gasteiger partial charge in [-0.1, -0.05) is 0 Å². The van der Waals surface area contributed by atoms with Gasteiger partial charge in [0.15, 0.2) is 0 Å². The zero-order chi connectivity index (χ0) is 12.5. The molecular weight excluding hydrogens is 282 g/mol. The van der Waals surface area contributed by atoms with E-state index in [1.807, 2.05) is 0 Å². The fourth-order valence-corrected chi connectivity index (χ4v) is 3.95. The summed E-state index contributed by atoms with van der Waals surface area (Å²) in [5.74, 6) is -0.0960. The lowest BCUT2D eigenvalue weighted by atomic mass is 10.1. The number of hydrogen-bond donors (Lipinski definition) is 0. The first-order chi connectivity index (χ1) is 7.98. The van der Waals surface area contributed by atoms with Crippen LogP contribution < -0.4 is 0 Å². The first-order valence-corrected chi connectivity index (χ1v) is 8.50. The van der Waals surface area contributed by atoms with Crippen LogP contribution in [0.15, 0.2) is 16.3 Å². The molecule has 2 heterocycles. The first kappa shape index (κ1) is 12.9. The Balaban J connectivity index is 2.17. The maximum absolute atomic E-state index is 12.0. The van der Waals surface area contributed by atoms with E-state index in [4.69, 9.17) is 10.7 Å². The minimum Gasteiger partial charge on any atom is -0.338 e. The van der Waals surface area contributed by atoms with Crippen molar-refractivity contribution < 1.29 is 13.2 Å². The number of amides is 1. The van der Waals surface area contributed by atoms with E-state index in [1.54, 1.807) is 4.90 Å². The Hall–Kier alpha value is -0.590. The summed E-state index contributed by atoms with van der Waals surface area (Å²) >= 11 is 1.12. The van der Waals surface area contributed by atoms with Gasteiger partial charge in [0.1, 0.15) is 0 Å². The molecule has 0 bridgehead atoms. The van der Waals surface area contributed by atoms with E-state index in [9.17, 15) is 13.2 Å². The summed E-state index contributed by atoms with van der Waals surface area (Å²) in [7, 11) is 1.48. The minimum absolute atomic E-state index is 0.00419. The van der Waals surface area contributed by atoms with Gasteiger partial charge in [0.05, 0.1) is 9.77 Å². The van der Waals surface area contributed by atoms with Crippen LogP contribution in [0.4, 0.5) is 0 Å². The smallest absolute Gasteiger partial charge is 0.263 e. The normalized spacial score (nSPS) is 17.1. The average Bonchev–Trinajstić information content (AvgIpc) is 2.78. The Labute approximate surface area is 109 Å². The van der Waals surface area contributed by atoms with Crippen molar-refractivity contribution in [1.29, 1.82) is 0 Å². The molecule has 1 aromatic rings. The van der Waals surface area contributed by atoms with E-state index >= 15 is 0 Å². The second-order valence-electron chi connectivity index (χ2n) is 3.94. The van der Waals surface area contributed by atoms with Gasteiger partial charge in [-0.3, -0.25) is 4.79 Å². The van der Waals surface area contributed by atoms with Gasteiger partial charge in [-0.2, -0.15) is 0 Å². The van der Waals surface area contributed by atoms with E-state index in [0.717, 1.165) is 43.7 Å². The number of hydrogen-bond acceptors (Lipinski definition) is 4. The Bertz CT molecular complexity index is 517. The molecule has 0 atom stereocenters. The zero-order valence-electron chi connectivity index (χ0n) is 9.06. The van der Waals surface area contributed by atoms with Crippen LogP contribution in [0.1, 0.15) is 28.9 Å². The Kier molecular flexibility index (Phi) is 3.75. The molecule has 1 aromatic heterocycles. The van der Waals surface area contributed by atoms with Crippen LogP contribution in [0, 0.1) is 0 Å².